The highest BCUT2D eigenvalue weighted by atomic mass is 16.5. The van der Waals surface area contributed by atoms with Crippen LogP contribution in [-0.4, -0.2) is 49.7 Å². The van der Waals surface area contributed by atoms with Gasteiger partial charge in [0, 0.05) is 32.2 Å². The number of likely N-dealkylation sites (N-methyl/N-ethyl adjacent to an activating group) is 1. The van der Waals surface area contributed by atoms with Crippen LogP contribution in [0.25, 0.3) is 0 Å². The fraction of sp³-hybridized carbons (Fsp3) is 0.929. The topological polar surface area (TPSA) is 41.6 Å². The number of ether oxygens (including phenoxy) is 1. The Hall–Kier alpha value is -0.610. The van der Waals surface area contributed by atoms with Crippen molar-refractivity contribution in [2.24, 2.45) is 5.41 Å². The lowest BCUT2D eigenvalue weighted by molar-refractivity contribution is -0.140. The van der Waals surface area contributed by atoms with E-state index in [2.05, 4.69) is 19.2 Å². The van der Waals surface area contributed by atoms with Gasteiger partial charge in [-0.05, 0) is 26.7 Å². The van der Waals surface area contributed by atoms with Crippen molar-refractivity contribution in [3.05, 3.63) is 0 Å². The smallest absolute Gasteiger partial charge is 0.238 e. The predicted octanol–water partition coefficient (Wildman–Crippen LogP) is 1.65. The number of nitrogens with one attached hydrogen (secondary N) is 1. The first kappa shape index (κ1) is 15.4. The summed E-state index contributed by atoms with van der Waals surface area (Å²) in [6, 6.07) is 0.247. The van der Waals surface area contributed by atoms with Crippen molar-refractivity contribution in [2.45, 2.75) is 58.7 Å². The molecule has 1 saturated carbocycles. The molecular formula is C14H28N2O2. The Morgan fingerprint density at radius 2 is 2.11 bits per heavy atom. The molecule has 18 heavy (non-hydrogen) atoms. The molecule has 0 bridgehead atoms. The highest BCUT2D eigenvalue weighted by molar-refractivity contribution is 5.80. The third-order valence-corrected chi connectivity index (χ3v) is 4.37. The van der Waals surface area contributed by atoms with Crippen LogP contribution in [0.1, 0.15) is 40.5 Å². The van der Waals surface area contributed by atoms with E-state index >= 15 is 0 Å². The minimum Gasteiger partial charge on any atom is -0.378 e. The van der Waals surface area contributed by atoms with E-state index in [0.29, 0.717) is 12.1 Å². The molecule has 0 spiro atoms. The molecule has 1 aliphatic carbocycles. The number of carbonyl (C=O) groups is 1. The molecule has 106 valence electrons. The molecule has 1 fully saturated rings. The van der Waals surface area contributed by atoms with Crippen LogP contribution in [0.15, 0.2) is 0 Å². The van der Waals surface area contributed by atoms with E-state index in [1.807, 2.05) is 13.8 Å². The van der Waals surface area contributed by atoms with Crippen LogP contribution in [0.5, 0.6) is 0 Å². The van der Waals surface area contributed by atoms with Crippen LogP contribution < -0.4 is 5.32 Å². The number of amides is 1. The molecule has 0 aromatic carbocycles. The number of hydrogen-bond donors (Lipinski definition) is 1. The Labute approximate surface area is 111 Å². The summed E-state index contributed by atoms with van der Waals surface area (Å²) in [5.74, 6) is 0.133. The molecule has 1 rings (SSSR count). The standard InChI is InChI=1S/C14H28N2O2/c1-7-14(4)11(9-12(14)18-8-2)15-10(3)13(17)16(5)6/h10-12,15H,7-9H2,1-6H3. The van der Waals surface area contributed by atoms with E-state index in [-0.39, 0.29) is 17.4 Å². The number of hydrogen-bond acceptors (Lipinski definition) is 3. The molecule has 0 aliphatic heterocycles. The first-order valence-electron chi connectivity index (χ1n) is 6.95. The fourth-order valence-corrected chi connectivity index (χ4v) is 2.77. The first-order valence-corrected chi connectivity index (χ1v) is 6.95. The summed E-state index contributed by atoms with van der Waals surface area (Å²) in [5.41, 5.74) is 0.150. The van der Waals surface area contributed by atoms with E-state index in [1.165, 1.54) is 0 Å². The van der Waals surface area contributed by atoms with Gasteiger partial charge in [0.1, 0.15) is 0 Å². The molecule has 4 heteroatoms. The van der Waals surface area contributed by atoms with E-state index < -0.39 is 0 Å². The summed E-state index contributed by atoms with van der Waals surface area (Å²) in [4.78, 5) is 13.5. The van der Waals surface area contributed by atoms with Gasteiger partial charge in [-0.25, -0.2) is 0 Å². The van der Waals surface area contributed by atoms with Crippen molar-refractivity contribution in [2.75, 3.05) is 20.7 Å². The Morgan fingerprint density at radius 3 is 2.56 bits per heavy atom. The summed E-state index contributed by atoms with van der Waals surface area (Å²) in [6.07, 6.45) is 2.40. The Morgan fingerprint density at radius 1 is 1.50 bits per heavy atom. The van der Waals surface area contributed by atoms with Crippen molar-refractivity contribution in [1.29, 1.82) is 0 Å². The minimum atomic E-state index is -0.126. The highest BCUT2D eigenvalue weighted by Crippen LogP contribution is 2.46. The molecule has 4 unspecified atom stereocenters. The largest absolute Gasteiger partial charge is 0.378 e. The van der Waals surface area contributed by atoms with E-state index in [0.717, 1.165) is 19.4 Å². The summed E-state index contributed by atoms with van der Waals surface area (Å²) < 4.78 is 5.77. The lowest BCUT2D eigenvalue weighted by Crippen LogP contribution is -2.65. The maximum Gasteiger partial charge on any atom is 0.238 e. The molecular weight excluding hydrogens is 228 g/mol. The number of rotatable bonds is 6. The molecule has 1 aliphatic rings. The molecule has 1 N–H and O–H groups in total. The molecule has 0 radical (unpaired) electrons. The summed E-state index contributed by atoms with van der Waals surface area (Å²) >= 11 is 0. The maximum absolute atomic E-state index is 11.9. The van der Waals surface area contributed by atoms with E-state index in [9.17, 15) is 4.79 Å². The van der Waals surface area contributed by atoms with Gasteiger partial charge in [0.2, 0.25) is 5.91 Å². The predicted molar refractivity (Wildman–Crippen MR) is 73.5 cm³/mol. The van der Waals surface area contributed by atoms with Gasteiger partial charge in [0.05, 0.1) is 12.1 Å². The van der Waals surface area contributed by atoms with Crippen LogP contribution in [0.3, 0.4) is 0 Å². The van der Waals surface area contributed by atoms with Gasteiger partial charge < -0.3 is 15.0 Å². The van der Waals surface area contributed by atoms with Crippen molar-refractivity contribution in [3.63, 3.8) is 0 Å². The van der Waals surface area contributed by atoms with Gasteiger partial charge in [-0.2, -0.15) is 0 Å². The lowest BCUT2D eigenvalue weighted by atomic mass is 9.61. The molecule has 0 aromatic rings. The van der Waals surface area contributed by atoms with Crippen molar-refractivity contribution >= 4 is 5.91 Å². The Balaban J connectivity index is 2.57. The quantitative estimate of drug-likeness (QED) is 0.785. The molecule has 4 nitrogen and oxygen atoms in total. The van der Waals surface area contributed by atoms with Crippen LogP contribution in [0, 0.1) is 5.41 Å². The molecule has 0 aromatic heterocycles. The SMILES string of the molecule is CCOC1CC(NC(C)C(=O)N(C)C)C1(C)CC. The van der Waals surface area contributed by atoms with Crippen molar-refractivity contribution in [1.82, 2.24) is 10.2 Å². The van der Waals surface area contributed by atoms with Gasteiger partial charge in [-0.3, -0.25) is 4.79 Å². The maximum atomic E-state index is 11.9. The van der Waals surface area contributed by atoms with Gasteiger partial charge in [0.25, 0.3) is 0 Å². The van der Waals surface area contributed by atoms with Crippen molar-refractivity contribution < 1.29 is 9.53 Å². The average Bonchev–Trinajstić information content (AvgIpc) is 2.35. The van der Waals surface area contributed by atoms with Crippen LogP contribution >= 0.6 is 0 Å². The van der Waals surface area contributed by atoms with Crippen LogP contribution in [0.2, 0.25) is 0 Å². The summed E-state index contributed by atoms with van der Waals surface area (Å²) in [7, 11) is 3.59. The minimum absolute atomic E-state index is 0.126. The zero-order valence-electron chi connectivity index (χ0n) is 12.6. The fourth-order valence-electron chi connectivity index (χ4n) is 2.77. The first-order chi connectivity index (χ1) is 8.36. The van der Waals surface area contributed by atoms with Gasteiger partial charge in [0.15, 0.2) is 0 Å². The second kappa shape index (κ2) is 6.02. The van der Waals surface area contributed by atoms with Gasteiger partial charge in [-0.15, -0.1) is 0 Å². The second-order valence-corrected chi connectivity index (χ2v) is 5.71. The molecule has 0 saturated heterocycles. The van der Waals surface area contributed by atoms with Crippen LogP contribution in [0.4, 0.5) is 0 Å². The zero-order valence-corrected chi connectivity index (χ0v) is 12.6. The normalized spacial score (nSPS) is 32.8. The van der Waals surface area contributed by atoms with Gasteiger partial charge in [-0.1, -0.05) is 13.8 Å². The summed E-state index contributed by atoms with van der Waals surface area (Å²) in [6.45, 7) is 9.18. The van der Waals surface area contributed by atoms with Gasteiger partial charge >= 0.3 is 0 Å². The molecule has 0 heterocycles. The molecule has 1 amide bonds. The monoisotopic (exact) mass is 256 g/mol. The van der Waals surface area contributed by atoms with E-state index in [1.54, 1.807) is 19.0 Å². The Bertz CT molecular complexity index is 294. The lowest BCUT2D eigenvalue weighted by Gasteiger charge is -2.54. The van der Waals surface area contributed by atoms with Crippen LogP contribution in [-0.2, 0) is 9.53 Å². The zero-order chi connectivity index (χ0) is 13.9. The van der Waals surface area contributed by atoms with E-state index in [4.69, 9.17) is 4.74 Å². The third-order valence-electron chi connectivity index (χ3n) is 4.37. The number of carbonyl (C=O) groups excluding carboxylic acids is 1. The summed E-state index contributed by atoms with van der Waals surface area (Å²) in [5, 5.41) is 3.46. The highest BCUT2D eigenvalue weighted by Gasteiger charge is 2.51. The third kappa shape index (κ3) is 2.86. The van der Waals surface area contributed by atoms with Crippen molar-refractivity contribution in [3.8, 4) is 0 Å². The molecule has 4 atom stereocenters. The average molecular weight is 256 g/mol. The number of nitrogens with zero attached hydrogens (tertiary/aromatic N) is 1. The Kier molecular flexibility index (Phi) is 5.17. The second-order valence-electron chi connectivity index (χ2n) is 5.71.